The summed E-state index contributed by atoms with van der Waals surface area (Å²) in [6.45, 7) is 1.82. The zero-order chi connectivity index (χ0) is 17.7. The van der Waals surface area contributed by atoms with Gasteiger partial charge in [-0.2, -0.15) is 0 Å². The molecule has 0 saturated carbocycles. The Bertz CT molecular complexity index is 727. The first-order valence-electron chi connectivity index (χ1n) is 8.43. The maximum atomic E-state index is 13.7. The molecule has 3 nitrogen and oxygen atoms in total. The largest absolute Gasteiger partial charge is 0.381 e. The van der Waals surface area contributed by atoms with Crippen LogP contribution in [0.1, 0.15) is 24.0 Å². The molecule has 0 radical (unpaired) electrons. The van der Waals surface area contributed by atoms with E-state index in [9.17, 15) is 9.18 Å². The molecule has 1 heterocycles. The Morgan fingerprint density at radius 3 is 2.48 bits per heavy atom. The third-order valence-corrected chi connectivity index (χ3v) is 5.09. The van der Waals surface area contributed by atoms with Gasteiger partial charge in [0.2, 0.25) is 5.91 Å². The Hall–Kier alpha value is -1.91. The molecule has 5 heteroatoms. The quantitative estimate of drug-likeness (QED) is 0.877. The van der Waals surface area contributed by atoms with Gasteiger partial charge in [-0.25, -0.2) is 4.39 Å². The molecule has 1 fully saturated rings. The van der Waals surface area contributed by atoms with Crippen molar-refractivity contribution in [2.45, 2.75) is 24.7 Å². The summed E-state index contributed by atoms with van der Waals surface area (Å²) in [4.78, 5) is 12.3. The van der Waals surface area contributed by atoms with E-state index in [1.165, 1.54) is 6.07 Å². The van der Waals surface area contributed by atoms with Gasteiger partial charge >= 0.3 is 0 Å². The monoisotopic (exact) mass is 361 g/mol. The highest BCUT2D eigenvalue weighted by molar-refractivity contribution is 6.30. The highest BCUT2D eigenvalue weighted by atomic mass is 35.5. The van der Waals surface area contributed by atoms with E-state index in [0.717, 1.165) is 18.4 Å². The molecule has 1 aliphatic rings. The van der Waals surface area contributed by atoms with Gasteiger partial charge in [0.1, 0.15) is 5.82 Å². The molecule has 0 unspecified atom stereocenters. The van der Waals surface area contributed by atoms with Crippen molar-refractivity contribution in [1.82, 2.24) is 5.32 Å². The van der Waals surface area contributed by atoms with Gasteiger partial charge in [0, 0.05) is 30.2 Å². The van der Waals surface area contributed by atoms with Crippen molar-refractivity contribution >= 4 is 17.5 Å². The van der Waals surface area contributed by atoms with E-state index >= 15 is 0 Å². The van der Waals surface area contributed by atoms with Crippen molar-refractivity contribution in [3.05, 3.63) is 70.5 Å². The Balaban J connectivity index is 1.70. The van der Waals surface area contributed by atoms with Gasteiger partial charge in [0.25, 0.3) is 0 Å². The van der Waals surface area contributed by atoms with E-state index < -0.39 is 0 Å². The molecule has 0 bridgehead atoms. The fourth-order valence-corrected chi connectivity index (χ4v) is 3.40. The average Bonchev–Trinajstić information content (AvgIpc) is 2.63. The van der Waals surface area contributed by atoms with Crippen LogP contribution in [-0.2, 0) is 21.4 Å². The van der Waals surface area contributed by atoms with Crippen LogP contribution in [0.15, 0.2) is 48.5 Å². The van der Waals surface area contributed by atoms with Crippen molar-refractivity contribution in [2.75, 3.05) is 19.8 Å². The van der Waals surface area contributed by atoms with Crippen LogP contribution in [0.4, 0.5) is 4.39 Å². The number of amides is 1. The Morgan fingerprint density at radius 1 is 1.12 bits per heavy atom. The predicted octanol–water partition coefficient (Wildman–Crippen LogP) is 3.89. The molecule has 132 valence electrons. The molecule has 0 aliphatic carbocycles. The minimum Gasteiger partial charge on any atom is -0.381 e. The maximum absolute atomic E-state index is 13.7. The van der Waals surface area contributed by atoms with Crippen LogP contribution in [-0.4, -0.2) is 25.7 Å². The van der Waals surface area contributed by atoms with Crippen molar-refractivity contribution in [3.8, 4) is 0 Å². The van der Waals surface area contributed by atoms with Crippen LogP contribution in [0.5, 0.6) is 0 Å². The van der Waals surface area contributed by atoms with Crippen molar-refractivity contribution in [1.29, 1.82) is 0 Å². The third kappa shape index (κ3) is 4.39. The van der Waals surface area contributed by atoms with Crippen LogP contribution >= 0.6 is 11.6 Å². The summed E-state index contributed by atoms with van der Waals surface area (Å²) in [7, 11) is 0. The number of benzene rings is 2. The molecule has 2 aromatic carbocycles. The zero-order valence-electron chi connectivity index (χ0n) is 13.9. The molecular formula is C20H21ClFNO2. The average molecular weight is 362 g/mol. The summed E-state index contributed by atoms with van der Waals surface area (Å²) in [5.41, 5.74) is 1.38. The summed E-state index contributed by atoms with van der Waals surface area (Å²) in [6, 6.07) is 14.1. The van der Waals surface area contributed by atoms with Crippen molar-refractivity contribution in [2.24, 2.45) is 0 Å². The fourth-order valence-electron chi connectivity index (χ4n) is 3.28. The molecule has 1 N–H and O–H groups in total. The summed E-state index contributed by atoms with van der Waals surface area (Å²) < 4.78 is 19.2. The van der Waals surface area contributed by atoms with E-state index in [4.69, 9.17) is 16.3 Å². The molecule has 2 aromatic rings. The molecule has 3 rings (SSSR count). The molecule has 25 heavy (non-hydrogen) atoms. The first-order chi connectivity index (χ1) is 12.1. The summed E-state index contributed by atoms with van der Waals surface area (Å²) in [5, 5.41) is 3.68. The molecule has 1 saturated heterocycles. The number of ether oxygens (including phenoxy) is 1. The van der Waals surface area contributed by atoms with Crippen LogP contribution in [0.2, 0.25) is 5.02 Å². The van der Waals surface area contributed by atoms with Crippen LogP contribution < -0.4 is 5.32 Å². The van der Waals surface area contributed by atoms with E-state index in [1.807, 2.05) is 24.3 Å². The van der Waals surface area contributed by atoms with Crippen LogP contribution in [0.25, 0.3) is 0 Å². The molecule has 1 amide bonds. The zero-order valence-corrected chi connectivity index (χ0v) is 14.7. The van der Waals surface area contributed by atoms with Gasteiger partial charge in [0.05, 0.1) is 6.42 Å². The Labute approximate surface area is 152 Å². The highest BCUT2D eigenvalue weighted by Crippen LogP contribution is 2.34. The Kier molecular flexibility index (Phi) is 5.71. The molecule has 0 spiro atoms. The molecule has 1 aliphatic heterocycles. The summed E-state index contributed by atoms with van der Waals surface area (Å²) >= 11 is 6.00. The summed E-state index contributed by atoms with van der Waals surface area (Å²) in [6.07, 6.45) is 1.70. The summed E-state index contributed by atoms with van der Waals surface area (Å²) in [5.74, 6) is -0.527. The second-order valence-electron chi connectivity index (χ2n) is 6.44. The fraction of sp³-hybridized carbons (Fsp3) is 0.350. The number of carbonyl (C=O) groups excluding carboxylic acids is 1. The molecule has 0 atom stereocenters. The standard InChI is InChI=1S/C20H21ClFNO2/c21-17-7-5-16(6-8-17)20(9-11-25-12-10-20)14-23-19(24)13-15-3-1-2-4-18(15)22/h1-8H,9-14H2,(H,23,24). The van der Waals surface area contributed by atoms with E-state index in [0.29, 0.717) is 30.3 Å². The number of hydrogen-bond acceptors (Lipinski definition) is 2. The molecule has 0 aromatic heterocycles. The first kappa shape index (κ1) is 17.9. The van der Waals surface area contributed by atoms with Gasteiger partial charge in [-0.1, -0.05) is 41.9 Å². The minimum atomic E-state index is -0.351. The van der Waals surface area contributed by atoms with Crippen molar-refractivity contribution in [3.63, 3.8) is 0 Å². The van der Waals surface area contributed by atoms with Gasteiger partial charge < -0.3 is 10.1 Å². The second-order valence-corrected chi connectivity index (χ2v) is 6.88. The Morgan fingerprint density at radius 2 is 1.80 bits per heavy atom. The second kappa shape index (κ2) is 7.98. The number of carbonyl (C=O) groups is 1. The smallest absolute Gasteiger partial charge is 0.224 e. The lowest BCUT2D eigenvalue weighted by molar-refractivity contribution is -0.121. The number of hydrogen-bond donors (Lipinski definition) is 1. The number of rotatable bonds is 5. The topological polar surface area (TPSA) is 38.3 Å². The SMILES string of the molecule is O=C(Cc1ccccc1F)NCC1(c2ccc(Cl)cc2)CCOCC1. The van der Waals surface area contributed by atoms with Crippen LogP contribution in [0.3, 0.4) is 0 Å². The third-order valence-electron chi connectivity index (χ3n) is 4.84. The van der Waals surface area contributed by atoms with Gasteiger partial charge in [0.15, 0.2) is 0 Å². The van der Waals surface area contributed by atoms with Crippen molar-refractivity contribution < 1.29 is 13.9 Å². The van der Waals surface area contributed by atoms with Gasteiger partial charge in [-0.05, 0) is 42.2 Å². The maximum Gasteiger partial charge on any atom is 0.224 e. The normalized spacial score (nSPS) is 16.4. The van der Waals surface area contributed by atoms with Crippen LogP contribution in [0, 0.1) is 5.82 Å². The van der Waals surface area contributed by atoms with E-state index in [2.05, 4.69) is 5.32 Å². The predicted molar refractivity (Wildman–Crippen MR) is 96.3 cm³/mol. The minimum absolute atomic E-state index is 0.0415. The first-order valence-corrected chi connectivity index (χ1v) is 8.81. The lowest BCUT2D eigenvalue weighted by atomic mass is 9.74. The number of halogens is 2. The highest BCUT2D eigenvalue weighted by Gasteiger charge is 2.34. The molecular weight excluding hydrogens is 341 g/mol. The van der Waals surface area contributed by atoms with Gasteiger partial charge in [-0.15, -0.1) is 0 Å². The van der Waals surface area contributed by atoms with E-state index in [1.54, 1.807) is 18.2 Å². The van der Waals surface area contributed by atoms with Gasteiger partial charge in [-0.3, -0.25) is 4.79 Å². The van der Waals surface area contributed by atoms with E-state index in [-0.39, 0.29) is 23.6 Å². The lowest BCUT2D eigenvalue weighted by Gasteiger charge is -2.38. The lowest BCUT2D eigenvalue weighted by Crippen LogP contribution is -2.45. The number of nitrogens with one attached hydrogen (secondary N) is 1.